The van der Waals surface area contributed by atoms with E-state index in [4.69, 9.17) is 20.5 Å². The molecule has 0 radical (unpaired) electrons. The molecule has 1 fully saturated rings. The van der Waals surface area contributed by atoms with Crippen LogP contribution in [0.25, 0.3) is 0 Å². The molecule has 3 N–H and O–H groups in total. The third kappa shape index (κ3) is 2.07. The maximum atomic E-state index is 7.53. The minimum Gasteiger partial charge on any atom is -0.400 e. The third-order valence-electron chi connectivity index (χ3n) is 4.13. The van der Waals surface area contributed by atoms with E-state index in [9.17, 15) is 0 Å². The van der Waals surface area contributed by atoms with Crippen molar-refractivity contribution in [2.24, 2.45) is 11.7 Å². The molecule has 0 aromatic rings. The molecule has 4 nitrogen and oxygen atoms in total. The lowest BCUT2D eigenvalue weighted by molar-refractivity contribution is 0.00578. The maximum Gasteiger partial charge on any atom is 0.491 e. The van der Waals surface area contributed by atoms with Gasteiger partial charge in [-0.2, -0.15) is 0 Å². The first kappa shape index (κ1) is 13.5. The zero-order chi connectivity index (χ0) is 13.6. The van der Waals surface area contributed by atoms with Crippen molar-refractivity contribution in [2.75, 3.05) is 0 Å². The summed E-state index contributed by atoms with van der Waals surface area (Å²) in [5.74, 6) is -0.148. The van der Waals surface area contributed by atoms with Crippen LogP contribution in [0.2, 0.25) is 0 Å². The van der Waals surface area contributed by atoms with E-state index < -0.39 is 7.12 Å². The number of hydrogen-bond acceptors (Lipinski definition) is 4. The predicted molar refractivity (Wildman–Crippen MR) is 73.6 cm³/mol. The van der Waals surface area contributed by atoms with Crippen LogP contribution in [0.15, 0.2) is 23.7 Å². The quantitative estimate of drug-likeness (QED) is 0.577. The molecular weight excluding hydrogens is 227 g/mol. The smallest absolute Gasteiger partial charge is 0.400 e. The summed E-state index contributed by atoms with van der Waals surface area (Å²) in [6.45, 7) is 8.08. The van der Waals surface area contributed by atoms with E-state index in [1.807, 2.05) is 45.9 Å². The van der Waals surface area contributed by atoms with Gasteiger partial charge in [-0.05, 0) is 33.2 Å². The van der Waals surface area contributed by atoms with Crippen molar-refractivity contribution in [3.63, 3.8) is 0 Å². The van der Waals surface area contributed by atoms with Crippen LogP contribution in [0.5, 0.6) is 0 Å². The summed E-state index contributed by atoms with van der Waals surface area (Å²) < 4.78 is 12.0. The highest BCUT2D eigenvalue weighted by Crippen LogP contribution is 2.40. The van der Waals surface area contributed by atoms with Crippen LogP contribution in [-0.2, 0) is 9.31 Å². The van der Waals surface area contributed by atoms with E-state index in [1.165, 1.54) is 6.21 Å². The first-order valence-electron chi connectivity index (χ1n) is 6.28. The molecule has 0 amide bonds. The number of hydrogen-bond donors (Lipinski definition) is 2. The monoisotopic (exact) mass is 248 g/mol. The molecular formula is C13H21BN2O2. The minimum atomic E-state index is -0.419. The van der Waals surface area contributed by atoms with Gasteiger partial charge < -0.3 is 20.5 Å². The van der Waals surface area contributed by atoms with Crippen LogP contribution in [-0.4, -0.2) is 30.6 Å². The van der Waals surface area contributed by atoms with E-state index in [2.05, 4.69) is 0 Å². The highest BCUT2D eigenvalue weighted by Gasteiger charge is 2.53. The van der Waals surface area contributed by atoms with Crippen molar-refractivity contribution in [3.05, 3.63) is 23.7 Å². The molecule has 5 heteroatoms. The summed E-state index contributed by atoms with van der Waals surface area (Å²) in [6.07, 6.45) is 7.11. The Bertz CT molecular complexity index is 399. The van der Waals surface area contributed by atoms with Crippen LogP contribution in [0.4, 0.5) is 0 Å². The zero-order valence-electron chi connectivity index (χ0n) is 11.4. The Morgan fingerprint density at radius 3 is 2.33 bits per heavy atom. The number of allylic oxidation sites excluding steroid dienone is 2. The van der Waals surface area contributed by atoms with Gasteiger partial charge >= 0.3 is 7.12 Å². The van der Waals surface area contributed by atoms with Gasteiger partial charge in [0.25, 0.3) is 0 Å². The zero-order valence-corrected chi connectivity index (χ0v) is 11.4. The fraction of sp³-hybridized carbons (Fsp3) is 0.615. The van der Waals surface area contributed by atoms with E-state index in [0.717, 1.165) is 5.47 Å². The van der Waals surface area contributed by atoms with Crippen molar-refractivity contribution in [1.82, 2.24) is 0 Å². The standard InChI is InChI=1S/C13H21BN2O2/c1-12(2)13(3,4)18-14(17-12)10-6-5-7-11(16)9(10)8-15/h5-9,11,15H,16H2,1-4H3. The van der Waals surface area contributed by atoms with Crippen LogP contribution in [0.1, 0.15) is 27.7 Å². The fourth-order valence-corrected chi connectivity index (χ4v) is 2.17. The van der Waals surface area contributed by atoms with Gasteiger partial charge in [0, 0.05) is 18.2 Å². The molecule has 0 saturated carbocycles. The summed E-state index contributed by atoms with van der Waals surface area (Å²) in [5.41, 5.74) is 6.19. The second kappa shape index (κ2) is 4.33. The van der Waals surface area contributed by atoms with Crippen molar-refractivity contribution in [1.29, 1.82) is 5.41 Å². The fourth-order valence-electron chi connectivity index (χ4n) is 2.17. The lowest BCUT2D eigenvalue weighted by atomic mass is 9.67. The molecule has 2 atom stereocenters. The van der Waals surface area contributed by atoms with Gasteiger partial charge in [-0.1, -0.05) is 18.2 Å². The summed E-state index contributed by atoms with van der Waals surface area (Å²) in [6, 6.07) is -0.179. The largest absolute Gasteiger partial charge is 0.491 e. The van der Waals surface area contributed by atoms with Crippen molar-refractivity contribution < 1.29 is 9.31 Å². The normalized spacial score (nSPS) is 33.4. The Morgan fingerprint density at radius 1 is 1.28 bits per heavy atom. The summed E-state index contributed by atoms with van der Waals surface area (Å²) in [7, 11) is -0.419. The van der Waals surface area contributed by atoms with Crippen molar-refractivity contribution in [3.8, 4) is 0 Å². The van der Waals surface area contributed by atoms with Gasteiger partial charge in [0.15, 0.2) is 0 Å². The van der Waals surface area contributed by atoms with Gasteiger partial charge in [-0.25, -0.2) is 0 Å². The molecule has 2 unspecified atom stereocenters. The number of nitrogens with one attached hydrogen (secondary N) is 1. The first-order chi connectivity index (χ1) is 8.28. The molecule has 0 aromatic heterocycles. The topological polar surface area (TPSA) is 68.3 Å². The van der Waals surface area contributed by atoms with Crippen molar-refractivity contribution in [2.45, 2.75) is 44.9 Å². The van der Waals surface area contributed by atoms with Gasteiger partial charge in [-0.15, -0.1) is 0 Å². The molecule has 1 aliphatic carbocycles. The van der Waals surface area contributed by atoms with E-state index in [-0.39, 0.29) is 23.2 Å². The Morgan fingerprint density at radius 2 is 1.83 bits per heavy atom. The summed E-state index contributed by atoms with van der Waals surface area (Å²) in [5, 5.41) is 7.53. The highest BCUT2D eigenvalue weighted by atomic mass is 16.7. The molecule has 1 aliphatic heterocycles. The maximum absolute atomic E-state index is 7.53. The molecule has 1 heterocycles. The summed E-state index contributed by atoms with van der Waals surface area (Å²) >= 11 is 0. The Hall–Kier alpha value is -0.905. The highest BCUT2D eigenvalue weighted by molar-refractivity contribution is 6.55. The van der Waals surface area contributed by atoms with Gasteiger partial charge in [-0.3, -0.25) is 0 Å². The first-order valence-corrected chi connectivity index (χ1v) is 6.28. The minimum absolute atomic E-state index is 0.148. The van der Waals surface area contributed by atoms with E-state index in [1.54, 1.807) is 0 Å². The Balaban J connectivity index is 2.26. The predicted octanol–water partition coefficient (Wildman–Crippen LogP) is 1.71. The van der Waals surface area contributed by atoms with Crippen LogP contribution >= 0.6 is 0 Å². The Kier molecular flexibility index (Phi) is 3.26. The number of nitrogens with two attached hydrogens (primary N) is 1. The lowest BCUT2D eigenvalue weighted by Gasteiger charge is -2.32. The average molecular weight is 248 g/mol. The third-order valence-corrected chi connectivity index (χ3v) is 4.13. The molecule has 98 valence electrons. The summed E-state index contributed by atoms with van der Waals surface area (Å²) in [4.78, 5) is 0. The van der Waals surface area contributed by atoms with Crippen LogP contribution in [0, 0.1) is 11.3 Å². The van der Waals surface area contributed by atoms with Crippen LogP contribution in [0.3, 0.4) is 0 Å². The second-order valence-corrected chi connectivity index (χ2v) is 5.91. The molecule has 18 heavy (non-hydrogen) atoms. The van der Waals surface area contributed by atoms with E-state index >= 15 is 0 Å². The molecule has 1 saturated heterocycles. The molecule has 0 bridgehead atoms. The second-order valence-electron chi connectivity index (χ2n) is 5.91. The van der Waals surface area contributed by atoms with Gasteiger partial charge in [0.2, 0.25) is 0 Å². The SMILES string of the molecule is CC1(C)OB(C2=CC=CC(N)C2C=N)OC1(C)C. The molecule has 2 rings (SSSR count). The molecule has 0 spiro atoms. The Labute approximate surface area is 109 Å². The average Bonchev–Trinajstić information content (AvgIpc) is 2.47. The van der Waals surface area contributed by atoms with Gasteiger partial charge in [0.05, 0.1) is 11.2 Å². The molecule has 2 aliphatic rings. The van der Waals surface area contributed by atoms with Gasteiger partial charge in [0.1, 0.15) is 0 Å². The van der Waals surface area contributed by atoms with E-state index in [0.29, 0.717) is 0 Å². The number of rotatable bonds is 2. The van der Waals surface area contributed by atoms with Crippen LogP contribution < -0.4 is 5.73 Å². The van der Waals surface area contributed by atoms with Crippen molar-refractivity contribution >= 4 is 13.3 Å². The lowest BCUT2D eigenvalue weighted by Crippen LogP contribution is -2.41. The molecule has 0 aromatic carbocycles.